The molecule has 3 heteroatoms. The maximum absolute atomic E-state index is 12.3. The van der Waals surface area contributed by atoms with E-state index in [1.807, 2.05) is 19.1 Å². The lowest BCUT2D eigenvalue weighted by molar-refractivity contribution is 0.0863. The van der Waals surface area contributed by atoms with Crippen LogP contribution in [0.15, 0.2) is 24.3 Å². The summed E-state index contributed by atoms with van der Waals surface area (Å²) in [6.07, 6.45) is 1.19. The highest BCUT2D eigenvalue weighted by atomic mass is 35.5. The SMILES string of the molecule is CC1CCN(C(C)C(=O)c2cccc(Cl)c2)C1. The van der Waals surface area contributed by atoms with E-state index in [1.165, 1.54) is 6.42 Å². The van der Waals surface area contributed by atoms with Crippen LogP contribution in [0.3, 0.4) is 0 Å². The Labute approximate surface area is 108 Å². The Morgan fingerprint density at radius 1 is 1.53 bits per heavy atom. The molecular formula is C14H18ClNO. The predicted octanol–water partition coefficient (Wildman–Crippen LogP) is 3.25. The van der Waals surface area contributed by atoms with Crippen LogP contribution in [0.5, 0.6) is 0 Å². The minimum absolute atomic E-state index is 0.0431. The molecule has 0 spiro atoms. The summed E-state index contributed by atoms with van der Waals surface area (Å²) < 4.78 is 0. The van der Waals surface area contributed by atoms with Crippen molar-refractivity contribution in [3.63, 3.8) is 0 Å². The molecule has 2 nitrogen and oxygen atoms in total. The number of halogens is 1. The lowest BCUT2D eigenvalue weighted by Gasteiger charge is -2.22. The first-order valence-electron chi connectivity index (χ1n) is 6.12. The lowest BCUT2D eigenvalue weighted by Crippen LogP contribution is -2.37. The fourth-order valence-electron chi connectivity index (χ4n) is 2.37. The second-order valence-corrected chi connectivity index (χ2v) is 5.38. The topological polar surface area (TPSA) is 20.3 Å². The molecule has 1 aromatic carbocycles. The van der Waals surface area contributed by atoms with Crippen molar-refractivity contribution < 1.29 is 4.79 Å². The predicted molar refractivity (Wildman–Crippen MR) is 70.6 cm³/mol. The lowest BCUT2D eigenvalue weighted by atomic mass is 10.0. The van der Waals surface area contributed by atoms with Crippen LogP contribution in [-0.2, 0) is 0 Å². The van der Waals surface area contributed by atoms with Crippen LogP contribution in [-0.4, -0.2) is 29.8 Å². The third kappa shape index (κ3) is 2.88. The highest BCUT2D eigenvalue weighted by Gasteiger charge is 2.27. The van der Waals surface area contributed by atoms with Crippen LogP contribution in [0.4, 0.5) is 0 Å². The van der Waals surface area contributed by atoms with Gasteiger partial charge in [-0.05, 0) is 37.9 Å². The minimum Gasteiger partial charge on any atom is -0.293 e. The molecule has 2 unspecified atom stereocenters. The van der Waals surface area contributed by atoms with Gasteiger partial charge in [0.25, 0.3) is 0 Å². The quantitative estimate of drug-likeness (QED) is 0.769. The summed E-state index contributed by atoms with van der Waals surface area (Å²) in [6, 6.07) is 7.17. The van der Waals surface area contributed by atoms with Gasteiger partial charge in [-0.15, -0.1) is 0 Å². The van der Waals surface area contributed by atoms with E-state index in [4.69, 9.17) is 11.6 Å². The summed E-state index contributed by atoms with van der Waals surface area (Å²) in [5.41, 5.74) is 0.713. The van der Waals surface area contributed by atoms with Crippen LogP contribution in [0.2, 0.25) is 5.02 Å². The van der Waals surface area contributed by atoms with E-state index in [-0.39, 0.29) is 11.8 Å². The van der Waals surface area contributed by atoms with Gasteiger partial charge < -0.3 is 0 Å². The molecule has 0 aromatic heterocycles. The van der Waals surface area contributed by atoms with Crippen LogP contribution in [0.25, 0.3) is 0 Å². The van der Waals surface area contributed by atoms with Crippen molar-refractivity contribution in [3.8, 4) is 0 Å². The third-order valence-corrected chi connectivity index (χ3v) is 3.73. The van der Waals surface area contributed by atoms with Crippen molar-refractivity contribution in [2.45, 2.75) is 26.3 Å². The van der Waals surface area contributed by atoms with E-state index in [2.05, 4.69) is 11.8 Å². The Morgan fingerprint density at radius 3 is 2.88 bits per heavy atom. The second kappa shape index (κ2) is 5.19. The molecule has 1 aliphatic heterocycles. The molecule has 1 aromatic rings. The number of benzene rings is 1. The number of rotatable bonds is 3. The Hall–Kier alpha value is -0.860. The first-order chi connectivity index (χ1) is 8.08. The van der Waals surface area contributed by atoms with Gasteiger partial charge in [0.15, 0.2) is 5.78 Å². The van der Waals surface area contributed by atoms with E-state index in [0.29, 0.717) is 16.5 Å². The normalized spacial score (nSPS) is 22.6. The fraction of sp³-hybridized carbons (Fsp3) is 0.500. The van der Waals surface area contributed by atoms with Crippen LogP contribution >= 0.6 is 11.6 Å². The van der Waals surface area contributed by atoms with Gasteiger partial charge in [-0.3, -0.25) is 9.69 Å². The number of carbonyl (C=O) groups is 1. The van der Waals surface area contributed by atoms with Gasteiger partial charge in [0.1, 0.15) is 0 Å². The molecule has 17 heavy (non-hydrogen) atoms. The van der Waals surface area contributed by atoms with E-state index < -0.39 is 0 Å². The number of likely N-dealkylation sites (tertiary alicyclic amines) is 1. The first kappa shape index (κ1) is 12.6. The van der Waals surface area contributed by atoms with Crippen LogP contribution in [0, 0.1) is 5.92 Å². The van der Waals surface area contributed by atoms with Gasteiger partial charge in [-0.25, -0.2) is 0 Å². The third-order valence-electron chi connectivity index (χ3n) is 3.49. The zero-order valence-electron chi connectivity index (χ0n) is 10.3. The molecule has 0 saturated carbocycles. The molecule has 1 saturated heterocycles. The van der Waals surface area contributed by atoms with E-state index in [1.54, 1.807) is 12.1 Å². The van der Waals surface area contributed by atoms with Crippen LogP contribution < -0.4 is 0 Å². The number of ketones is 1. The molecule has 2 rings (SSSR count). The molecule has 0 N–H and O–H groups in total. The molecule has 0 aliphatic carbocycles. The molecular weight excluding hydrogens is 234 g/mol. The number of carbonyl (C=O) groups excluding carboxylic acids is 1. The minimum atomic E-state index is -0.0431. The summed E-state index contributed by atoms with van der Waals surface area (Å²) >= 11 is 5.91. The highest BCUT2D eigenvalue weighted by molar-refractivity contribution is 6.31. The van der Waals surface area contributed by atoms with E-state index >= 15 is 0 Å². The Balaban J connectivity index is 2.09. The van der Waals surface area contributed by atoms with Crippen LogP contribution in [0.1, 0.15) is 30.6 Å². The van der Waals surface area contributed by atoms with Gasteiger partial charge in [0.2, 0.25) is 0 Å². The summed E-state index contributed by atoms with van der Waals surface area (Å²) in [4.78, 5) is 14.5. The van der Waals surface area contributed by atoms with Gasteiger partial charge in [-0.2, -0.15) is 0 Å². The second-order valence-electron chi connectivity index (χ2n) is 4.94. The molecule has 0 radical (unpaired) electrons. The first-order valence-corrected chi connectivity index (χ1v) is 6.49. The summed E-state index contributed by atoms with van der Waals surface area (Å²) in [5.74, 6) is 0.867. The maximum Gasteiger partial charge on any atom is 0.179 e. The highest BCUT2D eigenvalue weighted by Crippen LogP contribution is 2.20. The zero-order chi connectivity index (χ0) is 12.4. The standard InChI is InChI=1S/C14H18ClNO/c1-10-6-7-16(9-10)11(2)14(17)12-4-3-5-13(15)8-12/h3-5,8,10-11H,6-7,9H2,1-2H3. The summed E-state index contributed by atoms with van der Waals surface area (Å²) in [5, 5.41) is 0.623. The van der Waals surface area contributed by atoms with Crippen molar-refractivity contribution in [1.29, 1.82) is 0 Å². The van der Waals surface area contributed by atoms with E-state index in [9.17, 15) is 4.79 Å². The summed E-state index contributed by atoms with van der Waals surface area (Å²) in [7, 11) is 0. The Kier molecular flexibility index (Phi) is 3.85. The average molecular weight is 252 g/mol. The van der Waals surface area contributed by atoms with Gasteiger partial charge in [0, 0.05) is 17.1 Å². The van der Waals surface area contributed by atoms with Crippen molar-refractivity contribution in [3.05, 3.63) is 34.9 Å². The molecule has 1 fully saturated rings. The number of Topliss-reactive ketones (excluding diaryl/α,β-unsaturated/α-hetero) is 1. The Morgan fingerprint density at radius 2 is 2.29 bits per heavy atom. The average Bonchev–Trinajstić information content (AvgIpc) is 2.74. The molecule has 1 aliphatic rings. The number of hydrogen-bond acceptors (Lipinski definition) is 2. The zero-order valence-corrected chi connectivity index (χ0v) is 11.1. The van der Waals surface area contributed by atoms with Crippen molar-refractivity contribution in [1.82, 2.24) is 4.90 Å². The monoisotopic (exact) mass is 251 g/mol. The molecule has 2 atom stereocenters. The van der Waals surface area contributed by atoms with Gasteiger partial charge >= 0.3 is 0 Å². The molecule has 0 bridgehead atoms. The number of hydrogen-bond donors (Lipinski definition) is 0. The van der Waals surface area contributed by atoms with Crippen molar-refractivity contribution >= 4 is 17.4 Å². The molecule has 92 valence electrons. The van der Waals surface area contributed by atoms with Gasteiger partial charge in [0.05, 0.1) is 6.04 Å². The smallest absolute Gasteiger partial charge is 0.179 e. The van der Waals surface area contributed by atoms with E-state index in [0.717, 1.165) is 13.1 Å². The molecule has 0 amide bonds. The fourth-order valence-corrected chi connectivity index (χ4v) is 2.56. The maximum atomic E-state index is 12.3. The largest absolute Gasteiger partial charge is 0.293 e. The summed E-state index contributed by atoms with van der Waals surface area (Å²) in [6.45, 7) is 6.26. The molecule has 1 heterocycles. The van der Waals surface area contributed by atoms with Gasteiger partial charge in [-0.1, -0.05) is 30.7 Å². The Bertz CT molecular complexity index is 418. The number of nitrogens with zero attached hydrogens (tertiary/aromatic N) is 1. The van der Waals surface area contributed by atoms with Crippen molar-refractivity contribution in [2.75, 3.05) is 13.1 Å². The van der Waals surface area contributed by atoms with Crippen molar-refractivity contribution in [2.24, 2.45) is 5.92 Å².